The van der Waals surface area contributed by atoms with E-state index in [1.165, 1.54) is 11.8 Å². The molecule has 2 aliphatic heterocycles. The van der Waals surface area contributed by atoms with E-state index in [2.05, 4.69) is 4.99 Å². The molecule has 2 saturated heterocycles. The van der Waals surface area contributed by atoms with Gasteiger partial charge in [-0.2, -0.15) is 4.99 Å². The second kappa shape index (κ2) is 8.55. The molecule has 164 valence electrons. The van der Waals surface area contributed by atoms with Gasteiger partial charge in [0.1, 0.15) is 11.5 Å². The fourth-order valence-corrected chi connectivity index (χ4v) is 7.90. The number of ether oxygens (including phenoxy) is 2. The third-order valence-corrected chi connectivity index (χ3v) is 8.58. The molecule has 2 fully saturated rings. The van der Waals surface area contributed by atoms with Crippen LogP contribution in [0.25, 0.3) is 0 Å². The first kappa shape index (κ1) is 21.7. The van der Waals surface area contributed by atoms with Crippen molar-refractivity contribution < 1.29 is 22.7 Å². The molecule has 1 amide bonds. The second-order valence-corrected chi connectivity index (χ2v) is 11.0. The average Bonchev–Trinajstić information content (AvgIpc) is 3.18. The number of fused-ring (bicyclic) bond motifs is 1. The number of nitrogens with zero attached hydrogens (tertiary/aromatic N) is 2. The zero-order valence-corrected chi connectivity index (χ0v) is 19.2. The average molecular weight is 461 g/mol. The highest BCUT2D eigenvalue weighted by Crippen LogP contribution is 2.44. The minimum Gasteiger partial charge on any atom is -0.497 e. The fourth-order valence-electron chi connectivity index (χ4n) is 3.97. The molecule has 4 rings (SSSR count). The summed E-state index contributed by atoms with van der Waals surface area (Å²) in [6.45, 7) is 1.98. The van der Waals surface area contributed by atoms with Crippen molar-refractivity contribution in [3.05, 3.63) is 53.6 Å². The number of carbonyl (C=O) groups is 1. The number of carbonyl (C=O) groups excluding carboxylic acids is 1. The van der Waals surface area contributed by atoms with E-state index in [4.69, 9.17) is 9.47 Å². The summed E-state index contributed by atoms with van der Waals surface area (Å²) in [4.78, 5) is 19.0. The van der Waals surface area contributed by atoms with Crippen molar-refractivity contribution in [1.29, 1.82) is 0 Å². The maximum atomic E-state index is 12.8. The monoisotopic (exact) mass is 460 g/mol. The predicted octanol–water partition coefficient (Wildman–Crippen LogP) is 2.86. The van der Waals surface area contributed by atoms with Crippen molar-refractivity contribution in [2.24, 2.45) is 4.99 Å². The second-order valence-electron chi connectivity index (χ2n) is 7.66. The normalized spacial score (nSPS) is 23.1. The number of hydrogen-bond donors (Lipinski definition) is 0. The Kier molecular flexibility index (Phi) is 5.98. The van der Waals surface area contributed by atoms with Crippen LogP contribution in [-0.2, 0) is 21.1 Å². The Bertz CT molecular complexity index is 1150. The number of benzene rings is 2. The molecule has 0 radical (unpaired) electrons. The van der Waals surface area contributed by atoms with E-state index in [0.717, 1.165) is 11.1 Å². The Morgan fingerprint density at radius 2 is 1.97 bits per heavy atom. The number of amides is 1. The standard InChI is InChI=1S/C22H24N2O5S2/c1-14-5-4-6-15(9-14)10-21(25)23-22-24(18-12-31(26,27)13-20(18)30-22)17-8-7-16(28-2)11-19(17)29-3/h4-9,11,18,20H,10,12-13H2,1-3H3/t18-,20-/m1/s1. The molecule has 31 heavy (non-hydrogen) atoms. The maximum absolute atomic E-state index is 12.8. The molecular weight excluding hydrogens is 436 g/mol. The first-order chi connectivity index (χ1) is 14.8. The molecule has 7 nitrogen and oxygen atoms in total. The number of methoxy groups -OCH3 is 2. The van der Waals surface area contributed by atoms with Crippen molar-refractivity contribution in [3.63, 3.8) is 0 Å². The molecule has 0 N–H and O–H groups in total. The van der Waals surface area contributed by atoms with Crippen LogP contribution >= 0.6 is 11.8 Å². The van der Waals surface area contributed by atoms with E-state index in [1.807, 2.05) is 42.2 Å². The summed E-state index contributed by atoms with van der Waals surface area (Å²) >= 11 is 1.35. The summed E-state index contributed by atoms with van der Waals surface area (Å²) in [6, 6.07) is 12.8. The third kappa shape index (κ3) is 4.57. The summed E-state index contributed by atoms with van der Waals surface area (Å²) in [5, 5.41) is 0.327. The zero-order chi connectivity index (χ0) is 22.2. The van der Waals surface area contributed by atoms with Gasteiger partial charge in [0.2, 0.25) is 0 Å². The van der Waals surface area contributed by atoms with Crippen LogP contribution < -0.4 is 14.4 Å². The van der Waals surface area contributed by atoms with Gasteiger partial charge in [0, 0.05) is 11.3 Å². The first-order valence-electron chi connectivity index (χ1n) is 9.85. The van der Waals surface area contributed by atoms with Crippen LogP contribution in [0.15, 0.2) is 47.5 Å². The molecule has 2 aromatic carbocycles. The molecule has 2 aliphatic rings. The number of hydrogen-bond acceptors (Lipinski definition) is 6. The molecule has 0 aromatic heterocycles. The van der Waals surface area contributed by atoms with Gasteiger partial charge in [0.15, 0.2) is 15.0 Å². The lowest BCUT2D eigenvalue weighted by Gasteiger charge is -2.26. The van der Waals surface area contributed by atoms with Crippen molar-refractivity contribution in [3.8, 4) is 11.5 Å². The summed E-state index contributed by atoms with van der Waals surface area (Å²) in [7, 11) is -0.0402. The lowest BCUT2D eigenvalue weighted by molar-refractivity contribution is -0.117. The zero-order valence-electron chi connectivity index (χ0n) is 17.6. The number of aryl methyl sites for hydroxylation is 1. The lowest BCUT2D eigenvalue weighted by atomic mass is 10.1. The Morgan fingerprint density at radius 1 is 1.16 bits per heavy atom. The summed E-state index contributed by atoms with van der Waals surface area (Å²) in [6.07, 6.45) is 0.187. The third-order valence-electron chi connectivity index (χ3n) is 5.37. The van der Waals surface area contributed by atoms with E-state index >= 15 is 0 Å². The van der Waals surface area contributed by atoms with Gasteiger partial charge >= 0.3 is 0 Å². The number of aliphatic imine (C=N–C) groups is 1. The van der Waals surface area contributed by atoms with Crippen LogP contribution in [0.4, 0.5) is 5.69 Å². The lowest BCUT2D eigenvalue weighted by Crippen LogP contribution is -2.38. The molecule has 2 heterocycles. The summed E-state index contributed by atoms with van der Waals surface area (Å²) in [5.74, 6) is 0.974. The van der Waals surface area contributed by atoms with Crippen molar-refractivity contribution >= 4 is 38.4 Å². The molecule has 2 atom stereocenters. The maximum Gasteiger partial charge on any atom is 0.252 e. The number of thioether (sulfide) groups is 1. The van der Waals surface area contributed by atoms with E-state index in [-0.39, 0.29) is 35.1 Å². The Balaban J connectivity index is 1.70. The smallest absolute Gasteiger partial charge is 0.252 e. The van der Waals surface area contributed by atoms with Gasteiger partial charge in [-0.1, -0.05) is 41.6 Å². The van der Waals surface area contributed by atoms with Gasteiger partial charge < -0.3 is 14.4 Å². The van der Waals surface area contributed by atoms with Gasteiger partial charge in [-0.3, -0.25) is 4.79 Å². The highest BCUT2D eigenvalue weighted by molar-refractivity contribution is 8.16. The van der Waals surface area contributed by atoms with Crippen molar-refractivity contribution in [2.45, 2.75) is 24.6 Å². The number of amidine groups is 1. The van der Waals surface area contributed by atoms with Crippen LogP contribution in [0.5, 0.6) is 11.5 Å². The Hall–Kier alpha value is -2.52. The minimum atomic E-state index is -3.15. The highest BCUT2D eigenvalue weighted by Gasteiger charge is 2.50. The van der Waals surface area contributed by atoms with Crippen LogP contribution in [-0.4, -0.2) is 56.5 Å². The van der Waals surface area contributed by atoms with E-state index in [0.29, 0.717) is 22.4 Å². The van der Waals surface area contributed by atoms with Gasteiger partial charge in [0.25, 0.3) is 5.91 Å². The quantitative estimate of drug-likeness (QED) is 0.678. The van der Waals surface area contributed by atoms with Crippen LogP contribution in [0.1, 0.15) is 11.1 Å². The van der Waals surface area contributed by atoms with Gasteiger partial charge in [-0.15, -0.1) is 0 Å². The van der Waals surface area contributed by atoms with E-state index in [9.17, 15) is 13.2 Å². The SMILES string of the molecule is COc1ccc(N2C(=NC(=O)Cc3cccc(C)c3)S[C@@H]3CS(=O)(=O)C[C@H]32)c(OC)c1. The van der Waals surface area contributed by atoms with Crippen molar-refractivity contribution in [2.75, 3.05) is 30.6 Å². The largest absolute Gasteiger partial charge is 0.497 e. The van der Waals surface area contributed by atoms with E-state index < -0.39 is 9.84 Å². The van der Waals surface area contributed by atoms with Gasteiger partial charge in [-0.25, -0.2) is 8.42 Å². The Morgan fingerprint density at radius 3 is 2.68 bits per heavy atom. The topological polar surface area (TPSA) is 85.3 Å². The van der Waals surface area contributed by atoms with Crippen molar-refractivity contribution in [1.82, 2.24) is 0 Å². The minimum absolute atomic E-state index is 0.0188. The molecule has 0 aliphatic carbocycles. The van der Waals surface area contributed by atoms with Crippen LogP contribution in [0.3, 0.4) is 0 Å². The number of sulfone groups is 1. The molecule has 0 bridgehead atoms. The van der Waals surface area contributed by atoms with Crippen LogP contribution in [0.2, 0.25) is 0 Å². The van der Waals surface area contributed by atoms with E-state index in [1.54, 1.807) is 26.4 Å². The fraction of sp³-hybridized carbons (Fsp3) is 0.364. The molecule has 9 heteroatoms. The number of anilines is 1. The summed E-state index contributed by atoms with van der Waals surface area (Å²) < 4.78 is 35.4. The molecule has 0 unspecified atom stereocenters. The predicted molar refractivity (Wildman–Crippen MR) is 123 cm³/mol. The Labute approximate surface area is 186 Å². The molecular formula is C22H24N2O5S2. The molecule has 0 saturated carbocycles. The summed E-state index contributed by atoms with van der Waals surface area (Å²) in [5.41, 5.74) is 2.65. The molecule has 2 aromatic rings. The van der Waals surface area contributed by atoms with Gasteiger partial charge in [0.05, 0.1) is 43.9 Å². The first-order valence-corrected chi connectivity index (χ1v) is 12.5. The highest BCUT2D eigenvalue weighted by atomic mass is 32.2. The molecule has 0 spiro atoms. The number of rotatable bonds is 5. The van der Waals surface area contributed by atoms with Crippen LogP contribution in [0, 0.1) is 6.92 Å². The van der Waals surface area contributed by atoms with Gasteiger partial charge in [-0.05, 0) is 24.6 Å².